The van der Waals surface area contributed by atoms with E-state index in [0.29, 0.717) is 32.2 Å². The van der Waals surface area contributed by atoms with Crippen molar-refractivity contribution < 1.29 is 34.8 Å². The first-order valence-corrected chi connectivity index (χ1v) is 19.3. The maximum absolute atomic E-state index is 12.1. The zero-order chi connectivity index (χ0) is 35.3. The molecule has 4 unspecified atom stereocenters. The van der Waals surface area contributed by atoms with Crippen molar-refractivity contribution in [2.75, 3.05) is 26.2 Å². The zero-order valence-electron chi connectivity index (χ0n) is 30.9. The quantitative estimate of drug-likeness (QED) is 0.0355. The molecule has 0 bridgehead atoms. The van der Waals surface area contributed by atoms with Crippen LogP contribution in [0.2, 0.25) is 0 Å². The van der Waals surface area contributed by atoms with Gasteiger partial charge in [0.1, 0.15) is 11.6 Å². The molecule has 0 aromatic heterocycles. The summed E-state index contributed by atoms with van der Waals surface area (Å²) in [6.45, 7) is 8.16. The molecule has 9 nitrogen and oxygen atoms in total. The molecule has 0 radical (unpaired) electrons. The van der Waals surface area contributed by atoms with E-state index in [9.17, 15) is 30.0 Å². The number of hydrogen-bond donors (Lipinski definition) is 5. The number of carboxylic acid groups (broad SMARTS) is 1. The Labute approximate surface area is 288 Å². The number of nitrogens with zero attached hydrogens (tertiary/aromatic N) is 1. The fourth-order valence-electron chi connectivity index (χ4n) is 6.14. The van der Waals surface area contributed by atoms with Gasteiger partial charge in [0.2, 0.25) is 0 Å². The molecule has 280 valence electrons. The second-order valence-corrected chi connectivity index (χ2v) is 15.0. The molecule has 0 rings (SSSR count). The summed E-state index contributed by atoms with van der Waals surface area (Å²) < 4.78 is 5.33. The number of carboxylic acids is 1. The van der Waals surface area contributed by atoms with Gasteiger partial charge >= 0.3 is 11.9 Å². The number of aliphatic hydroxyl groups excluding tert-OH is 3. The van der Waals surface area contributed by atoms with Crippen molar-refractivity contribution in [1.29, 1.82) is 0 Å². The van der Waals surface area contributed by atoms with Gasteiger partial charge < -0.3 is 30.9 Å². The van der Waals surface area contributed by atoms with E-state index in [1.165, 1.54) is 96.3 Å². The van der Waals surface area contributed by atoms with E-state index < -0.39 is 48.3 Å². The minimum atomic E-state index is -0.957. The average Bonchev–Trinajstić information content (AvgIpc) is 3.00. The Balaban J connectivity index is 4.16. The number of ether oxygens (including phenoxy) is 1. The number of aliphatic hydroxyl groups is 3. The van der Waals surface area contributed by atoms with Crippen LogP contribution in [0, 0.1) is 5.92 Å². The molecular weight excluding hydrogens is 596 g/mol. The standard InChI is InChI=1S/C38H76N2O7/c1-5-6-7-8-9-10-11-12-13-14-15-16-17-18-19-20-21-22-25-32(36(44)45)28-33(42)29-40(30-34(43)31-41)27-24-23-26-35(39)37(46)47-38(2,3)4/h32-35,41-43H,5-31,39H2,1-4H3,(H,44,45). The summed E-state index contributed by atoms with van der Waals surface area (Å²) in [5.41, 5.74) is 5.38. The average molecular weight is 673 g/mol. The SMILES string of the molecule is CCCCCCCCCCCCCCCCCCCCC(CC(O)CN(CCCCC(N)C(=O)OC(C)(C)C)CC(O)CO)C(=O)O. The molecule has 0 fully saturated rings. The number of esters is 1. The van der Waals surface area contributed by atoms with Gasteiger partial charge in [0.25, 0.3) is 0 Å². The van der Waals surface area contributed by atoms with E-state index in [2.05, 4.69) is 6.92 Å². The second kappa shape index (κ2) is 29.6. The molecule has 0 aliphatic carbocycles. The Kier molecular flexibility index (Phi) is 28.8. The van der Waals surface area contributed by atoms with Crippen molar-refractivity contribution in [2.45, 2.75) is 199 Å². The molecule has 47 heavy (non-hydrogen) atoms. The predicted octanol–water partition coefficient (Wildman–Crippen LogP) is 7.36. The third-order valence-corrected chi connectivity index (χ3v) is 8.91. The van der Waals surface area contributed by atoms with Crippen LogP contribution < -0.4 is 5.73 Å². The largest absolute Gasteiger partial charge is 0.481 e. The highest BCUT2D eigenvalue weighted by Crippen LogP contribution is 2.20. The third kappa shape index (κ3) is 29.4. The fraction of sp³-hybridized carbons (Fsp3) is 0.947. The van der Waals surface area contributed by atoms with Crippen molar-refractivity contribution >= 4 is 11.9 Å². The van der Waals surface area contributed by atoms with E-state index in [0.717, 1.165) is 19.3 Å². The molecule has 0 aromatic rings. The summed E-state index contributed by atoms with van der Waals surface area (Å²) in [7, 11) is 0. The van der Waals surface area contributed by atoms with Gasteiger partial charge in [-0.3, -0.25) is 14.5 Å². The highest BCUT2D eigenvalue weighted by Gasteiger charge is 2.24. The number of rotatable bonds is 33. The monoisotopic (exact) mass is 673 g/mol. The Hall–Kier alpha value is -1.26. The van der Waals surface area contributed by atoms with E-state index in [4.69, 9.17) is 10.5 Å². The minimum Gasteiger partial charge on any atom is -0.481 e. The molecule has 9 heteroatoms. The summed E-state index contributed by atoms with van der Waals surface area (Å²) in [4.78, 5) is 25.9. The molecular formula is C38H76N2O7. The number of aliphatic carboxylic acids is 1. The van der Waals surface area contributed by atoms with Gasteiger partial charge in [-0.05, 0) is 53.0 Å². The minimum absolute atomic E-state index is 0.156. The Morgan fingerprint density at radius 2 is 1.11 bits per heavy atom. The maximum Gasteiger partial charge on any atom is 0.323 e. The van der Waals surface area contributed by atoms with Gasteiger partial charge in [-0.15, -0.1) is 0 Å². The van der Waals surface area contributed by atoms with E-state index >= 15 is 0 Å². The first-order chi connectivity index (χ1) is 22.4. The van der Waals surface area contributed by atoms with Gasteiger partial charge in [-0.25, -0.2) is 0 Å². The van der Waals surface area contributed by atoms with Crippen molar-refractivity contribution in [3.8, 4) is 0 Å². The lowest BCUT2D eigenvalue weighted by molar-refractivity contribution is -0.156. The van der Waals surface area contributed by atoms with Gasteiger partial charge in [-0.1, -0.05) is 129 Å². The number of nitrogens with two attached hydrogens (primary N) is 1. The molecule has 0 saturated heterocycles. The third-order valence-electron chi connectivity index (χ3n) is 8.91. The van der Waals surface area contributed by atoms with Crippen LogP contribution in [0.3, 0.4) is 0 Å². The number of carbonyl (C=O) groups is 2. The van der Waals surface area contributed by atoms with Crippen LogP contribution in [0.25, 0.3) is 0 Å². The molecule has 0 heterocycles. The lowest BCUT2D eigenvalue weighted by Crippen LogP contribution is -2.41. The van der Waals surface area contributed by atoms with Crippen LogP contribution >= 0.6 is 0 Å². The van der Waals surface area contributed by atoms with Crippen LogP contribution in [0.5, 0.6) is 0 Å². The Bertz CT molecular complexity index is 746. The summed E-state index contributed by atoms with van der Waals surface area (Å²) in [5.74, 6) is -1.92. The van der Waals surface area contributed by atoms with E-state index in [1.54, 1.807) is 20.8 Å². The normalized spacial score (nSPS) is 14.7. The number of unbranched alkanes of at least 4 members (excludes halogenated alkanes) is 18. The van der Waals surface area contributed by atoms with Crippen LogP contribution in [0.1, 0.15) is 175 Å². The molecule has 0 saturated carbocycles. The molecule has 0 spiro atoms. The Morgan fingerprint density at radius 3 is 1.53 bits per heavy atom. The summed E-state index contributed by atoms with van der Waals surface area (Å²) in [6.07, 6.45) is 23.9. The van der Waals surface area contributed by atoms with Crippen molar-refractivity contribution in [3.63, 3.8) is 0 Å². The molecule has 4 atom stereocenters. The second-order valence-electron chi connectivity index (χ2n) is 15.0. The molecule has 0 aliphatic rings. The van der Waals surface area contributed by atoms with Gasteiger partial charge in [0, 0.05) is 13.1 Å². The Morgan fingerprint density at radius 1 is 0.681 bits per heavy atom. The fourth-order valence-corrected chi connectivity index (χ4v) is 6.14. The van der Waals surface area contributed by atoms with Crippen LogP contribution in [-0.4, -0.2) is 87.4 Å². The van der Waals surface area contributed by atoms with Crippen molar-refractivity contribution in [2.24, 2.45) is 11.7 Å². The lowest BCUT2D eigenvalue weighted by Gasteiger charge is -2.28. The van der Waals surface area contributed by atoms with Crippen LogP contribution in [-0.2, 0) is 14.3 Å². The topological polar surface area (TPSA) is 154 Å². The highest BCUT2D eigenvalue weighted by atomic mass is 16.6. The summed E-state index contributed by atoms with van der Waals surface area (Å²) in [5, 5.41) is 39.9. The predicted molar refractivity (Wildman–Crippen MR) is 192 cm³/mol. The summed E-state index contributed by atoms with van der Waals surface area (Å²) in [6, 6.07) is -0.716. The maximum atomic E-state index is 12.1. The van der Waals surface area contributed by atoms with Crippen LogP contribution in [0.15, 0.2) is 0 Å². The van der Waals surface area contributed by atoms with Gasteiger partial charge in [0.05, 0.1) is 24.7 Å². The number of carbonyl (C=O) groups excluding carboxylic acids is 1. The first kappa shape index (κ1) is 45.7. The zero-order valence-corrected chi connectivity index (χ0v) is 30.9. The van der Waals surface area contributed by atoms with Crippen molar-refractivity contribution in [3.05, 3.63) is 0 Å². The first-order valence-electron chi connectivity index (χ1n) is 19.3. The highest BCUT2D eigenvalue weighted by molar-refractivity contribution is 5.75. The number of hydrogen-bond acceptors (Lipinski definition) is 8. The molecule has 0 aromatic carbocycles. The molecule has 0 aliphatic heterocycles. The smallest absolute Gasteiger partial charge is 0.323 e. The molecule has 0 amide bonds. The summed E-state index contributed by atoms with van der Waals surface area (Å²) >= 11 is 0. The van der Waals surface area contributed by atoms with E-state index in [-0.39, 0.29) is 19.5 Å². The van der Waals surface area contributed by atoms with Gasteiger partial charge in [0.15, 0.2) is 0 Å². The molecule has 6 N–H and O–H groups in total. The lowest BCUT2D eigenvalue weighted by atomic mass is 9.94. The van der Waals surface area contributed by atoms with Crippen LogP contribution in [0.4, 0.5) is 0 Å². The van der Waals surface area contributed by atoms with Crippen molar-refractivity contribution in [1.82, 2.24) is 4.90 Å². The van der Waals surface area contributed by atoms with Gasteiger partial charge in [-0.2, -0.15) is 0 Å². The van der Waals surface area contributed by atoms with E-state index in [1.807, 2.05) is 4.90 Å².